The number of imide groups is 1. The van der Waals surface area contributed by atoms with Crippen LogP contribution in [0, 0.1) is 6.92 Å². The average molecular weight is 436 g/mol. The number of carbonyl (C=O) groups is 3. The summed E-state index contributed by atoms with van der Waals surface area (Å²) >= 11 is 0. The van der Waals surface area contributed by atoms with Crippen LogP contribution >= 0.6 is 0 Å². The van der Waals surface area contributed by atoms with E-state index in [9.17, 15) is 14.4 Å². The van der Waals surface area contributed by atoms with E-state index in [-0.39, 0.29) is 35.9 Å². The van der Waals surface area contributed by atoms with Gasteiger partial charge in [0.25, 0.3) is 17.7 Å². The van der Waals surface area contributed by atoms with Gasteiger partial charge < -0.3 is 15.0 Å². The lowest BCUT2D eigenvalue weighted by Crippen LogP contribution is -2.36. The largest absolute Gasteiger partial charge is 0.376 e. The van der Waals surface area contributed by atoms with Gasteiger partial charge in [0.15, 0.2) is 0 Å². The molecule has 4 rings (SSSR count). The number of likely N-dealkylation sites (N-methyl/N-ethyl adjacent to an activating group) is 1. The van der Waals surface area contributed by atoms with Crippen molar-refractivity contribution in [2.75, 3.05) is 37.7 Å². The first-order chi connectivity index (χ1) is 15.5. The summed E-state index contributed by atoms with van der Waals surface area (Å²) in [5.74, 6) is -0.929. The van der Waals surface area contributed by atoms with Crippen LogP contribution in [0.2, 0.25) is 0 Å². The predicted molar refractivity (Wildman–Crippen MR) is 122 cm³/mol. The smallest absolute Gasteiger partial charge is 0.261 e. The van der Waals surface area contributed by atoms with Crippen molar-refractivity contribution in [1.29, 1.82) is 0 Å². The van der Waals surface area contributed by atoms with E-state index in [1.54, 1.807) is 12.1 Å². The van der Waals surface area contributed by atoms with Gasteiger partial charge in [-0.1, -0.05) is 12.1 Å². The van der Waals surface area contributed by atoms with E-state index in [4.69, 9.17) is 4.74 Å². The topological polar surface area (TPSA) is 79.0 Å². The molecule has 2 aromatic rings. The van der Waals surface area contributed by atoms with Gasteiger partial charge in [-0.3, -0.25) is 19.3 Å². The number of anilines is 1. The molecule has 0 bridgehead atoms. The third-order valence-electron chi connectivity index (χ3n) is 6.06. The predicted octanol–water partition coefficient (Wildman–Crippen LogP) is 3.03. The van der Waals surface area contributed by atoms with Crippen molar-refractivity contribution in [2.24, 2.45) is 0 Å². The van der Waals surface area contributed by atoms with E-state index in [1.165, 1.54) is 16.5 Å². The van der Waals surface area contributed by atoms with Gasteiger partial charge in [-0.15, -0.1) is 0 Å². The van der Waals surface area contributed by atoms with Crippen LogP contribution in [0.1, 0.15) is 56.4 Å². The van der Waals surface area contributed by atoms with Crippen LogP contribution in [-0.2, 0) is 4.74 Å². The Kier molecular flexibility index (Phi) is 6.55. The molecule has 32 heavy (non-hydrogen) atoms. The van der Waals surface area contributed by atoms with Crippen LogP contribution in [0.3, 0.4) is 0 Å². The quantitative estimate of drug-likeness (QED) is 0.645. The average Bonchev–Trinajstić information content (AvgIpc) is 3.39. The fourth-order valence-electron chi connectivity index (χ4n) is 4.29. The van der Waals surface area contributed by atoms with E-state index in [2.05, 4.69) is 42.3 Å². The molecule has 1 unspecified atom stereocenters. The summed E-state index contributed by atoms with van der Waals surface area (Å²) in [6, 6.07) is 13.0. The molecule has 0 spiro atoms. The Bertz CT molecular complexity index is 1030. The molecule has 7 heteroatoms. The molecule has 1 saturated heterocycles. The second-order valence-electron chi connectivity index (χ2n) is 8.29. The summed E-state index contributed by atoms with van der Waals surface area (Å²) in [5, 5.41) is 2.92. The second kappa shape index (κ2) is 9.53. The molecular weight excluding hydrogens is 406 g/mol. The van der Waals surface area contributed by atoms with Gasteiger partial charge in [-0.25, -0.2) is 0 Å². The molecule has 2 aliphatic rings. The summed E-state index contributed by atoms with van der Waals surface area (Å²) in [7, 11) is 0. The van der Waals surface area contributed by atoms with Crippen molar-refractivity contribution in [3.05, 3.63) is 64.7 Å². The lowest BCUT2D eigenvalue weighted by Gasteiger charge is -2.23. The van der Waals surface area contributed by atoms with Crippen LogP contribution in [0.4, 0.5) is 5.69 Å². The first kappa shape index (κ1) is 22.0. The number of hydrogen-bond acceptors (Lipinski definition) is 5. The highest BCUT2D eigenvalue weighted by atomic mass is 16.5. The highest BCUT2D eigenvalue weighted by Gasteiger charge is 2.37. The standard InChI is InChI=1S/C25H29N3O4/c1-3-27(19-7-4-6-17(2)14-19)12-11-26-23(29)18-9-10-21-22(15-18)25(31)28(24(21)30)16-20-8-5-13-32-20/h4,6-7,9-10,14-15,20H,3,5,8,11-13,16H2,1-2H3,(H,26,29). The van der Waals surface area contributed by atoms with Crippen molar-refractivity contribution in [3.8, 4) is 0 Å². The zero-order valence-corrected chi connectivity index (χ0v) is 18.6. The molecular formula is C25H29N3O4. The van der Waals surface area contributed by atoms with Gasteiger partial charge in [0.1, 0.15) is 0 Å². The molecule has 0 aromatic heterocycles. The summed E-state index contributed by atoms with van der Waals surface area (Å²) in [4.78, 5) is 41.6. The summed E-state index contributed by atoms with van der Waals surface area (Å²) < 4.78 is 5.57. The Morgan fingerprint density at radius 2 is 1.97 bits per heavy atom. The molecule has 3 amide bonds. The van der Waals surface area contributed by atoms with E-state index in [0.717, 1.165) is 25.1 Å². The van der Waals surface area contributed by atoms with Crippen LogP contribution in [0.15, 0.2) is 42.5 Å². The molecule has 0 radical (unpaired) electrons. The molecule has 2 heterocycles. The van der Waals surface area contributed by atoms with Crippen molar-refractivity contribution in [1.82, 2.24) is 10.2 Å². The Balaban J connectivity index is 1.38. The molecule has 2 aliphatic heterocycles. The fourth-order valence-corrected chi connectivity index (χ4v) is 4.29. The van der Waals surface area contributed by atoms with Crippen LogP contribution in [0.5, 0.6) is 0 Å². The fraction of sp³-hybridized carbons (Fsp3) is 0.400. The lowest BCUT2D eigenvalue weighted by molar-refractivity contribution is 0.0475. The lowest BCUT2D eigenvalue weighted by atomic mass is 10.1. The third-order valence-corrected chi connectivity index (χ3v) is 6.06. The SMILES string of the molecule is CCN(CCNC(=O)c1ccc2c(c1)C(=O)N(CC1CCCO1)C2=O)c1cccc(C)c1. The summed E-state index contributed by atoms with van der Waals surface area (Å²) in [6.45, 7) is 7.03. The second-order valence-corrected chi connectivity index (χ2v) is 8.29. The number of benzene rings is 2. The molecule has 1 N–H and O–H groups in total. The van der Waals surface area contributed by atoms with Gasteiger partial charge in [-0.2, -0.15) is 0 Å². The van der Waals surface area contributed by atoms with Crippen molar-refractivity contribution >= 4 is 23.4 Å². The normalized spacial score (nSPS) is 17.6. The number of nitrogens with zero attached hydrogens (tertiary/aromatic N) is 2. The number of carbonyl (C=O) groups excluding carboxylic acids is 3. The van der Waals surface area contributed by atoms with Gasteiger partial charge in [0.2, 0.25) is 0 Å². The van der Waals surface area contributed by atoms with Crippen LogP contribution < -0.4 is 10.2 Å². The number of rotatable bonds is 8. The van der Waals surface area contributed by atoms with E-state index in [0.29, 0.717) is 30.8 Å². The number of fused-ring (bicyclic) bond motifs is 1. The number of aryl methyl sites for hydroxylation is 1. The number of amides is 3. The van der Waals surface area contributed by atoms with E-state index < -0.39 is 0 Å². The number of hydrogen-bond donors (Lipinski definition) is 1. The third kappa shape index (κ3) is 4.53. The summed E-state index contributed by atoms with van der Waals surface area (Å²) in [5.41, 5.74) is 3.32. The first-order valence-electron chi connectivity index (χ1n) is 11.2. The maximum absolute atomic E-state index is 12.8. The molecule has 1 fully saturated rings. The van der Waals surface area contributed by atoms with Crippen LogP contribution in [0.25, 0.3) is 0 Å². The molecule has 1 atom stereocenters. The Hall–Kier alpha value is -3.19. The molecule has 2 aromatic carbocycles. The first-order valence-corrected chi connectivity index (χ1v) is 11.2. The minimum Gasteiger partial charge on any atom is -0.376 e. The molecule has 0 saturated carbocycles. The van der Waals surface area contributed by atoms with E-state index >= 15 is 0 Å². The Morgan fingerprint density at radius 1 is 1.16 bits per heavy atom. The minimum absolute atomic E-state index is 0.102. The molecule has 168 valence electrons. The Labute approximate surface area is 188 Å². The van der Waals surface area contributed by atoms with E-state index in [1.807, 2.05) is 6.07 Å². The highest BCUT2D eigenvalue weighted by Crippen LogP contribution is 2.26. The number of ether oxygens (including phenoxy) is 1. The van der Waals surface area contributed by atoms with Crippen LogP contribution in [-0.4, -0.2) is 61.5 Å². The molecule has 0 aliphatic carbocycles. The maximum Gasteiger partial charge on any atom is 0.261 e. The molecule has 7 nitrogen and oxygen atoms in total. The van der Waals surface area contributed by atoms with Gasteiger partial charge >= 0.3 is 0 Å². The Morgan fingerprint density at radius 3 is 2.69 bits per heavy atom. The summed E-state index contributed by atoms with van der Waals surface area (Å²) in [6.07, 6.45) is 1.69. The van der Waals surface area contributed by atoms with Crippen molar-refractivity contribution < 1.29 is 19.1 Å². The van der Waals surface area contributed by atoms with Gasteiger partial charge in [-0.05, 0) is 62.6 Å². The maximum atomic E-state index is 12.8. The number of nitrogens with one attached hydrogen (secondary N) is 1. The highest BCUT2D eigenvalue weighted by molar-refractivity contribution is 6.22. The van der Waals surface area contributed by atoms with Crippen molar-refractivity contribution in [2.45, 2.75) is 32.8 Å². The van der Waals surface area contributed by atoms with Crippen molar-refractivity contribution in [3.63, 3.8) is 0 Å². The monoisotopic (exact) mass is 435 g/mol. The van der Waals surface area contributed by atoms with Gasteiger partial charge in [0, 0.05) is 37.5 Å². The minimum atomic E-state index is -0.355. The zero-order valence-electron chi connectivity index (χ0n) is 18.6. The van der Waals surface area contributed by atoms with Gasteiger partial charge in [0.05, 0.1) is 23.8 Å². The zero-order chi connectivity index (χ0) is 22.7.